The maximum atomic E-state index is 13.9. The van der Waals surface area contributed by atoms with E-state index >= 15 is 0 Å². The zero-order valence-corrected chi connectivity index (χ0v) is 29.6. The second-order valence-electron chi connectivity index (χ2n) is 13.4. The van der Waals surface area contributed by atoms with Crippen LogP contribution in [0.1, 0.15) is 78.2 Å². The molecule has 1 N–H and O–H groups in total. The third-order valence-corrected chi connectivity index (χ3v) is 9.65. The quantitative estimate of drug-likeness (QED) is 0.138. The fraction of sp³-hybridized carbons (Fsp3) is 0.568. The molecule has 1 saturated heterocycles. The van der Waals surface area contributed by atoms with Crippen molar-refractivity contribution in [2.24, 2.45) is 5.92 Å². The molecule has 0 aromatic heterocycles. The van der Waals surface area contributed by atoms with Crippen molar-refractivity contribution in [3.8, 4) is 0 Å². The van der Waals surface area contributed by atoms with Crippen molar-refractivity contribution in [1.29, 1.82) is 0 Å². The number of fused-ring (bicyclic) bond motifs is 1. The van der Waals surface area contributed by atoms with Crippen LogP contribution >= 0.6 is 11.8 Å². The first-order valence-corrected chi connectivity index (χ1v) is 18.2. The van der Waals surface area contributed by atoms with Crippen LogP contribution in [0.4, 0.5) is 10.5 Å². The van der Waals surface area contributed by atoms with Crippen LogP contribution in [-0.2, 0) is 35.2 Å². The topological polar surface area (TPSA) is 114 Å². The van der Waals surface area contributed by atoms with Gasteiger partial charge in [0.2, 0.25) is 5.91 Å². The van der Waals surface area contributed by atoms with E-state index in [1.54, 1.807) is 32.6 Å². The Morgan fingerprint density at radius 3 is 2.38 bits per heavy atom. The van der Waals surface area contributed by atoms with Crippen LogP contribution in [0.25, 0.3) is 0 Å². The van der Waals surface area contributed by atoms with Crippen LogP contribution in [0.5, 0.6) is 0 Å². The summed E-state index contributed by atoms with van der Waals surface area (Å²) in [7, 11) is 0. The van der Waals surface area contributed by atoms with Crippen molar-refractivity contribution >= 4 is 41.4 Å². The molecule has 2 aromatic carbocycles. The van der Waals surface area contributed by atoms with Crippen molar-refractivity contribution in [2.75, 3.05) is 36.9 Å². The first-order valence-electron chi connectivity index (χ1n) is 17.2. The number of esters is 2. The van der Waals surface area contributed by atoms with Gasteiger partial charge < -0.3 is 19.1 Å². The Hall–Kier alpha value is -3.57. The number of thioether (sulfide) groups is 1. The molecule has 0 saturated carbocycles. The number of rotatable bonds is 14. The van der Waals surface area contributed by atoms with Gasteiger partial charge in [0.25, 0.3) is 0 Å². The van der Waals surface area contributed by atoms with Gasteiger partial charge in [-0.25, -0.2) is 4.79 Å². The van der Waals surface area contributed by atoms with E-state index in [2.05, 4.69) is 5.32 Å². The lowest BCUT2D eigenvalue weighted by molar-refractivity contribution is -0.154. The Bertz CT molecular complexity index is 1360. The third-order valence-electron chi connectivity index (χ3n) is 8.49. The molecular weight excluding hydrogens is 630 g/mol. The van der Waals surface area contributed by atoms with Gasteiger partial charge >= 0.3 is 18.0 Å². The van der Waals surface area contributed by atoms with Crippen molar-refractivity contribution in [1.82, 2.24) is 10.2 Å². The number of benzene rings is 2. The van der Waals surface area contributed by atoms with E-state index in [0.29, 0.717) is 36.9 Å². The lowest BCUT2D eigenvalue weighted by atomic mass is 9.91. The van der Waals surface area contributed by atoms with Crippen LogP contribution in [0.15, 0.2) is 59.5 Å². The van der Waals surface area contributed by atoms with Crippen molar-refractivity contribution in [2.45, 2.75) is 102 Å². The summed E-state index contributed by atoms with van der Waals surface area (Å²) in [5, 5.41) is 3.31. The fourth-order valence-corrected chi connectivity index (χ4v) is 7.15. The number of amides is 2. The van der Waals surface area contributed by atoms with Crippen LogP contribution in [0.2, 0.25) is 0 Å². The van der Waals surface area contributed by atoms with Gasteiger partial charge in [-0.05, 0) is 70.6 Å². The summed E-state index contributed by atoms with van der Waals surface area (Å²) in [6.07, 6.45) is 6.04. The summed E-state index contributed by atoms with van der Waals surface area (Å²) in [4.78, 5) is 56.4. The average molecular weight is 682 g/mol. The smallest absolute Gasteiger partial charge is 0.410 e. The first kappa shape index (κ1) is 37.3. The Morgan fingerprint density at radius 1 is 0.958 bits per heavy atom. The normalized spacial score (nSPS) is 17.7. The summed E-state index contributed by atoms with van der Waals surface area (Å²) in [6.45, 7) is 8.88. The second kappa shape index (κ2) is 18.3. The molecule has 4 rings (SSSR count). The number of carbonyl (C=O) groups excluding carboxylic acids is 4. The van der Waals surface area contributed by atoms with E-state index in [9.17, 15) is 19.2 Å². The van der Waals surface area contributed by atoms with E-state index < -0.39 is 23.7 Å². The van der Waals surface area contributed by atoms with Gasteiger partial charge in [-0.1, -0.05) is 68.1 Å². The summed E-state index contributed by atoms with van der Waals surface area (Å²) in [5.41, 5.74) is 0.956. The zero-order valence-electron chi connectivity index (χ0n) is 28.8. The summed E-state index contributed by atoms with van der Waals surface area (Å²) >= 11 is 1.52. The maximum absolute atomic E-state index is 13.9. The molecule has 2 heterocycles. The van der Waals surface area contributed by atoms with E-state index in [1.165, 1.54) is 16.7 Å². The monoisotopic (exact) mass is 681 g/mol. The minimum atomic E-state index is -0.691. The number of anilines is 1. The number of unbranched alkanes of at least 4 members (excludes halogenated alkanes) is 2. The Labute approximate surface area is 289 Å². The number of para-hydroxylation sites is 1. The summed E-state index contributed by atoms with van der Waals surface area (Å²) in [5.74, 6) is -0.174. The van der Waals surface area contributed by atoms with Crippen LogP contribution in [0, 0.1) is 5.92 Å². The highest BCUT2D eigenvalue weighted by Crippen LogP contribution is 2.34. The number of carbonyl (C=O) groups is 4. The molecule has 1 fully saturated rings. The molecule has 11 heteroatoms. The van der Waals surface area contributed by atoms with Crippen LogP contribution in [0.3, 0.4) is 0 Å². The number of nitrogens with one attached hydrogen (secondary N) is 1. The maximum Gasteiger partial charge on any atom is 0.410 e. The minimum Gasteiger partial charge on any atom is -0.465 e. The summed E-state index contributed by atoms with van der Waals surface area (Å²) < 4.78 is 16.4. The molecule has 48 heavy (non-hydrogen) atoms. The Balaban J connectivity index is 1.25. The molecule has 2 aliphatic rings. The van der Waals surface area contributed by atoms with Gasteiger partial charge in [-0.15, -0.1) is 11.8 Å². The van der Waals surface area contributed by atoms with Crippen LogP contribution < -0.4 is 10.2 Å². The Morgan fingerprint density at radius 2 is 1.67 bits per heavy atom. The lowest BCUT2D eigenvalue weighted by Gasteiger charge is -2.31. The molecule has 262 valence electrons. The SMILES string of the molecule is CCOC(=O)[C@H](CCCCCC1CCN(C(=O)OCc2ccccc2)CC1)N[C@H]1CSc2ccccc2N(CC(=O)OC(C)(C)C)C1=O. The number of hydrogen-bond donors (Lipinski definition) is 1. The van der Waals surface area contributed by atoms with E-state index in [-0.39, 0.29) is 37.7 Å². The fourth-order valence-electron chi connectivity index (χ4n) is 6.07. The van der Waals surface area contributed by atoms with Crippen molar-refractivity contribution in [3.05, 3.63) is 60.2 Å². The highest BCUT2D eigenvalue weighted by Gasteiger charge is 2.35. The molecule has 0 bridgehead atoms. The molecule has 0 spiro atoms. The molecule has 2 aromatic rings. The predicted molar refractivity (Wildman–Crippen MR) is 187 cm³/mol. The summed E-state index contributed by atoms with van der Waals surface area (Å²) in [6, 6.07) is 15.9. The Kier molecular flexibility index (Phi) is 14.2. The van der Waals surface area contributed by atoms with Gasteiger partial charge in [-0.3, -0.25) is 24.6 Å². The number of ether oxygens (including phenoxy) is 3. The molecular formula is C37H51N3O7S. The third kappa shape index (κ3) is 11.5. The molecule has 0 unspecified atom stereocenters. The average Bonchev–Trinajstić information content (AvgIpc) is 3.19. The van der Waals surface area contributed by atoms with Gasteiger partial charge in [0, 0.05) is 23.7 Å². The molecule has 0 radical (unpaired) electrons. The standard InChI is InChI=1S/C37H51N3O7S/c1-5-45-35(43)29(17-11-7-8-14-27-20-22-39(23-21-27)36(44)46-25-28-15-9-6-10-16-28)38-30-26-48-32-19-13-12-18-31(32)40(34(30)42)24-33(41)47-37(2,3)4/h6,9-10,12-13,15-16,18-19,27,29-30,38H,5,7-8,11,14,17,20-26H2,1-4H3/t29-,30-/m0/s1. The number of hydrogen-bond acceptors (Lipinski definition) is 9. The van der Waals surface area contributed by atoms with E-state index in [0.717, 1.165) is 49.0 Å². The van der Waals surface area contributed by atoms with Gasteiger partial charge in [0.1, 0.15) is 24.8 Å². The molecule has 2 aliphatic heterocycles. The van der Waals surface area contributed by atoms with Gasteiger partial charge in [0.15, 0.2) is 0 Å². The van der Waals surface area contributed by atoms with E-state index in [1.807, 2.05) is 54.6 Å². The van der Waals surface area contributed by atoms with Crippen molar-refractivity contribution < 1.29 is 33.4 Å². The second-order valence-corrected chi connectivity index (χ2v) is 14.5. The number of nitrogens with zero attached hydrogens (tertiary/aromatic N) is 2. The largest absolute Gasteiger partial charge is 0.465 e. The first-order chi connectivity index (χ1) is 23.0. The minimum absolute atomic E-state index is 0.219. The van der Waals surface area contributed by atoms with Crippen LogP contribution in [-0.4, -0.2) is 78.5 Å². The molecule has 2 atom stereocenters. The zero-order chi connectivity index (χ0) is 34.5. The highest BCUT2D eigenvalue weighted by molar-refractivity contribution is 7.99. The molecule has 10 nitrogen and oxygen atoms in total. The number of piperidine rings is 1. The molecule has 2 amide bonds. The predicted octanol–water partition coefficient (Wildman–Crippen LogP) is 6.36. The van der Waals surface area contributed by atoms with Gasteiger partial charge in [0.05, 0.1) is 18.3 Å². The molecule has 0 aliphatic carbocycles. The number of likely N-dealkylation sites (tertiary alicyclic amines) is 1. The lowest BCUT2D eigenvalue weighted by Crippen LogP contribution is -2.54. The highest BCUT2D eigenvalue weighted by atomic mass is 32.2. The van der Waals surface area contributed by atoms with Gasteiger partial charge in [-0.2, -0.15) is 0 Å². The van der Waals surface area contributed by atoms with E-state index in [4.69, 9.17) is 14.2 Å². The van der Waals surface area contributed by atoms with Crippen molar-refractivity contribution in [3.63, 3.8) is 0 Å².